The number of hydrogen-bond acceptors (Lipinski definition) is 5. The Labute approximate surface area is 195 Å². The number of Topliss-reactive ketones (excluding diaryl/α,β-unsaturated/α-hetero) is 1. The lowest BCUT2D eigenvalue weighted by molar-refractivity contribution is -0.122. The van der Waals surface area contributed by atoms with Crippen LogP contribution in [0.2, 0.25) is 0 Å². The van der Waals surface area contributed by atoms with Gasteiger partial charge in [-0.25, -0.2) is 9.18 Å². The molecule has 8 heteroatoms. The van der Waals surface area contributed by atoms with Crippen molar-refractivity contribution in [2.24, 2.45) is 5.92 Å². The van der Waals surface area contributed by atoms with E-state index in [9.17, 15) is 23.6 Å². The van der Waals surface area contributed by atoms with Crippen LogP contribution in [-0.4, -0.2) is 36.7 Å². The lowest BCUT2D eigenvalue weighted by Gasteiger charge is -2.16. The molecule has 1 N–H and O–H groups in total. The van der Waals surface area contributed by atoms with Gasteiger partial charge in [-0.15, -0.1) is 0 Å². The summed E-state index contributed by atoms with van der Waals surface area (Å²) in [5.74, 6) is -2.47. The molecular weight excluding hydrogens is 439 g/mol. The van der Waals surface area contributed by atoms with Crippen molar-refractivity contribution >= 4 is 34.9 Å². The van der Waals surface area contributed by atoms with E-state index >= 15 is 0 Å². The zero-order valence-corrected chi connectivity index (χ0v) is 18.1. The van der Waals surface area contributed by atoms with Gasteiger partial charge in [0.25, 0.3) is 0 Å². The van der Waals surface area contributed by atoms with Crippen molar-refractivity contribution < 1.29 is 28.3 Å². The second kappa shape index (κ2) is 10.1. The maximum atomic E-state index is 13.1. The number of carbonyl (C=O) groups is 4. The molecule has 1 saturated heterocycles. The average molecular weight is 460 g/mol. The molecule has 1 fully saturated rings. The lowest BCUT2D eigenvalue weighted by Crippen LogP contribution is -2.28. The lowest BCUT2D eigenvalue weighted by atomic mass is 10.1. The molecule has 3 aromatic rings. The Morgan fingerprint density at radius 1 is 0.912 bits per heavy atom. The zero-order chi connectivity index (χ0) is 24.1. The van der Waals surface area contributed by atoms with Gasteiger partial charge in [-0.2, -0.15) is 0 Å². The average Bonchev–Trinajstić information content (AvgIpc) is 3.25. The molecule has 4 rings (SSSR count). The normalized spacial score (nSPS) is 15.1. The van der Waals surface area contributed by atoms with E-state index in [0.717, 1.165) is 0 Å². The number of anilines is 2. The topological polar surface area (TPSA) is 92.8 Å². The summed E-state index contributed by atoms with van der Waals surface area (Å²) in [5, 5.41) is 2.74. The number of benzene rings is 3. The van der Waals surface area contributed by atoms with Crippen molar-refractivity contribution in [3.8, 4) is 0 Å². The van der Waals surface area contributed by atoms with E-state index in [1.165, 1.54) is 41.3 Å². The molecule has 3 aromatic carbocycles. The van der Waals surface area contributed by atoms with Crippen LogP contribution in [-0.2, 0) is 14.3 Å². The van der Waals surface area contributed by atoms with E-state index < -0.39 is 17.7 Å². The van der Waals surface area contributed by atoms with Crippen LogP contribution in [0, 0.1) is 11.7 Å². The number of rotatable bonds is 7. The van der Waals surface area contributed by atoms with Crippen LogP contribution >= 0.6 is 0 Å². The predicted molar refractivity (Wildman–Crippen MR) is 123 cm³/mol. The summed E-state index contributed by atoms with van der Waals surface area (Å²) in [7, 11) is 0. The SMILES string of the molecule is O=C(COC(=O)c1ccc(NC(=O)[C@H]2CC(=O)N(c3ccc(F)cc3)C2)cc1)c1ccccc1. The third-order valence-electron chi connectivity index (χ3n) is 5.45. The highest BCUT2D eigenvalue weighted by Crippen LogP contribution is 2.26. The van der Waals surface area contributed by atoms with E-state index in [1.807, 2.05) is 0 Å². The Morgan fingerprint density at radius 3 is 2.26 bits per heavy atom. The summed E-state index contributed by atoms with van der Waals surface area (Å²) in [4.78, 5) is 50.7. The molecule has 1 aliphatic rings. The second-order valence-corrected chi connectivity index (χ2v) is 7.81. The minimum Gasteiger partial charge on any atom is -0.454 e. The van der Waals surface area contributed by atoms with Gasteiger partial charge in [-0.3, -0.25) is 14.4 Å². The van der Waals surface area contributed by atoms with E-state index in [4.69, 9.17) is 4.74 Å². The minimum absolute atomic E-state index is 0.0447. The Balaban J connectivity index is 1.30. The Hall–Kier alpha value is -4.33. The fourth-order valence-corrected chi connectivity index (χ4v) is 3.61. The smallest absolute Gasteiger partial charge is 0.338 e. The number of ether oxygens (including phenoxy) is 1. The van der Waals surface area contributed by atoms with Crippen molar-refractivity contribution in [2.45, 2.75) is 6.42 Å². The molecule has 1 heterocycles. The maximum absolute atomic E-state index is 13.1. The summed E-state index contributed by atoms with van der Waals surface area (Å²) in [6.07, 6.45) is 0.0447. The van der Waals surface area contributed by atoms with Crippen LogP contribution in [0.15, 0.2) is 78.9 Å². The van der Waals surface area contributed by atoms with Crippen LogP contribution in [0.1, 0.15) is 27.1 Å². The van der Waals surface area contributed by atoms with E-state index in [2.05, 4.69) is 5.32 Å². The van der Waals surface area contributed by atoms with Crippen molar-refractivity contribution in [3.63, 3.8) is 0 Å². The molecule has 0 unspecified atom stereocenters. The van der Waals surface area contributed by atoms with Crippen molar-refractivity contribution in [1.29, 1.82) is 0 Å². The van der Waals surface area contributed by atoms with E-state index in [0.29, 0.717) is 16.9 Å². The molecule has 1 atom stereocenters. The molecule has 172 valence electrons. The van der Waals surface area contributed by atoms with Gasteiger partial charge in [0.15, 0.2) is 12.4 Å². The van der Waals surface area contributed by atoms with Crippen LogP contribution in [0.25, 0.3) is 0 Å². The Bertz CT molecular complexity index is 1210. The summed E-state index contributed by atoms with van der Waals surface area (Å²) in [6, 6.07) is 20.1. The quantitative estimate of drug-likeness (QED) is 0.427. The first-order chi connectivity index (χ1) is 16.4. The number of ketones is 1. The van der Waals surface area contributed by atoms with Gasteiger partial charge >= 0.3 is 5.97 Å². The maximum Gasteiger partial charge on any atom is 0.338 e. The first-order valence-electron chi connectivity index (χ1n) is 10.6. The fraction of sp³-hybridized carbons (Fsp3) is 0.154. The number of nitrogens with one attached hydrogen (secondary N) is 1. The standard InChI is InChI=1S/C26H21FN2O5/c27-20-8-12-22(13-9-20)29-15-19(14-24(29)31)25(32)28-21-10-6-18(7-11-21)26(33)34-16-23(30)17-4-2-1-3-5-17/h1-13,19H,14-16H2,(H,28,32)/t19-/m0/s1. The first-order valence-corrected chi connectivity index (χ1v) is 10.6. The van der Waals surface area contributed by atoms with Gasteiger partial charge in [-0.05, 0) is 48.5 Å². The molecule has 0 aliphatic carbocycles. The molecule has 2 amide bonds. The van der Waals surface area contributed by atoms with Crippen molar-refractivity contribution in [2.75, 3.05) is 23.4 Å². The summed E-state index contributed by atoms with van der Waals surface area (Å²) in [6.45, 7) is -0.183. The molecule has 1 aliphatic heterocycles. The van der Waals surface area contributed by atoms with Crippen molar-refractivity contribution in [3.05, 3.63) is 95.8 Å². The molecule has 0 aromatic heterocycles. The van der Waals surface area contributed by atoms with Crippen LogP contribution in [0.3, 0.4) is 0 Å². The largest absolute Gasteiger partial charge is 0.454 e. The van der Waals surface area contributed by atoms with Crippen molar-refractivity contribution in [1.82, 2.24) is 0 Å². The number of carbonyl (C=O) groups excluding carboxylic acids is 4. The number of amides is 2. The van der Waals surface area contributed by atoms with Gasteiger partial charge < -0.3 is 15.0 Å². The van der Waals surface area contributed by atoms with Gasteiger partial charge in [0, 0.05) is 29.9 Å². The van der Waals surface area contributed by atoms with Gasteiger partial charge in [0.1, 0.15) is 5.82 Å². The predicted octanol–water partition coefficient (Wildman–Crippen LogP) is 3.86. The third-order valence-corrected chi connectivity index (χ3v) is 5.45. The molecule has 7 nitrogen and oxygen atoms in total. The molecular formula is C26H21FN2O5. The molecule has 0 bridgehead atoms. The fourth-order valence-electron chi connectivity index (χ4n) is 3.61. The highest BCUT2D eigenvalue weighted by molar-refractivity contribution is 6.04. The summed E-state index contributed by atoms with van der Waals surface area (Å²) in [5.41, 5.74) is 1.68. The van der Waals surface area contributed by atoms with E-state index in [1.54, 1.807) is 42.5 Å². The number of nitrogens with zero attached hydrogens (tertiary/aromatic N) is 1. The molecule has 0 saturated carbocycles. The van der Waals surface area contributed by atoms with Crippen LogP contribution in [0.5, 0.6) is 0 Å². The molecule has 0 radical (unpaired) electrons. The zero-order valence-electron chi connectivity index (χ0n) is 18.1. The number of esters is 1. The van der Waals surface area contributed by atoms with Crippen LogP contribution < -0.4 is 10.2 Å². The first kappa shape index (κ1) is 22.8. The second-order valence-electron chi connectivity index (χ2n) is 7.81. The van der Waals surface area contributed by atoms with Gasteiger partial charge in [0.05, 0.1) is 11.5 Å². The highest BCUT2D eigenvalue weighted by Gasteiger charge is 2.35. The van der Waals surface area contributed by atoms with E-state index in [-0.39, 0.29) is 42.7 Å². The van der Waals surface area contributed by atoms with Gasteiger partial charge in [-0.1, -0.05) is 30.3 Å². The molecule has 34 heavy (non-hydrogen) atoms. The summed E-state index contributed by atoms with van der Waals surface area (Å²) >= 11 is 0. The monoisotopic (exact) mass is 460 g/mol. The summed E-state index contributed by atoms with van der Waals surface area (Å²) < 4.78 is 18.2. The van der Waals surface area contributed by atoms with Crippen LogP contribution in [0.4, 0.5) is 15.8 Å². The Kier molecular flexibility index (Phi) is 6.77. The number of hydrogen-bond donors (Lipinski definition) is 1. The minimum atomic E-state index is -0.654. The third kappa shape index (κ3) is 5.35. The van der Waals surface area contributed by atoms with Gasteiger partial charge in [0.2, 0.25) is 11.8 Å². The highest BCUT2D eigenvalue weighted by atomic mass is 19.1. The number of halogens is 1. The molecule has 0 spiro atoms. The Morgan fingerprint density at radius 2 is 1.59 bits per heavy atom.